The van der Waals surface area contributed by atoms with Crippen molar-refractivity contribution >= 4 is 17.7 Å². The average molecular weight is 241 g/mol. The molecule has 17 heavy (non-hydrogen) atoms. The molecule has 1 aliphatic heterocycles. The maximum Gasteiger partial charge on any atom is 0.246 e. The highest BCUT2D eigenvalue weighted by atomic mass is 16.2. The normalized spacial score (nSPS) is 20.9. The van der Waals surface area contributed by atoms with E-state index in [1.54, 1.807) is 0 Å². The van der Waals surface area contributed by atoms with Crippen LogP contribution in [0.3, 0.4) is 0 Å². The summed E-state index contributed by atoms with van der Waals surface area (Å²) in [5, 5.41) is 2.66. The molecule has 0 radical (unpaired) electrons. The molecule has 0 spiro atoms. The van der Waals surface area contributed by atoms with Gasteiger partial charge in [-0.2, -0.15) is 0 Å². The topological polar surface area (TPSA) is 92.5 Å². The van der Waals surface area contributed by atoms with Crippen LogP contribution in [0.1, 0.15) is 26.7 Å². The van der Waals surface area contributed by atoms with Crippen LogP contribution in [0.25, 0.3) is 0 Å². The molecule has 0 aromatic heterocycles. The van der Waals surface area contributed by atoms with Gasteiger partial charge in [0.1, 0.15) is 6.54 Å². The van der Waals surface area contributed by atoms with Crippen LogP contribution in [0.5, 0.6) is 0 Å². The summed E-state index contributed by atoms with van der Waals surface area (Å²) in [6.07, 6.45) is 0.589. The van der Waals surface area contributed by atoms with Crippen molar-refractivity contribution in [3.05, 3.63) is 0 Å². The Kier molecular flexibility index (Phi) is 4.62. The van der Waals surface area contributed by atoms with Crippen molar-refractivity contribution in [2.75, 3.05) is 13.1 Å². The first-order chi connectivity index (χ1) is 7.91. The molecule has 1 rings (SSSR count). The van der Waals surface area contributed by atoms with E-state index in [1.165, 1.54) is 0 Å². The standard InChI is InChI=1S/C11H19N3O3/c1-7(2)5-13-9(15)6-14-10(16)4-3-8(12)11(14)17/h7-8H,3-6,12H2,1-2H3,(H,13,15). The van der Waals surface area contributed by atoms with E-state index in [9.17, 15) is 14.4 Å². The maximum absolute atomic E-state index is 11.6. The highest BCUT2D eigenvalue weighted by Crippen LogP contribution is 2.10. The van der Waals surface area contributed by atoms with Gasteiger partial charge in [-0.3, -0.25) is 19.3 Å². The van der Waals surface area contributed by atoms with Crippen molar-refractivity contribution in [3.63, 3.8) is 0 Å². The van der Waals surface area contributed by atoms with Crippen LogP contribution in [0, 0.1) is 5.92 Å². The van der Waals surface area contributed by atoms with Gasteiger partial charge in [0.05, 0.1) is 6.04 Å². The first-order valence-electron chi connectivity index (χ1n) is 5.78. The Bertz CT molecular complexity index is 328. The highest BCUT2D eigenvalue weighted by Gasteiger charge is 2.33. The molecule has 1 heterocycles. The first-order valence-corrected chi connectivity index (χ1v) is 5.78. The van der Waals surface area contributed by atoms with Gasteiger partial charge in [0, 0.05) is 13.0 Å². The van der Waals surface area contributed by atoms with Crippen molar-refractivity contribution in [3.8, 4) is 0 Å². The lowest BCUT2D eigenvalue weighted by molar-refractivity contribution is -0.151. The molecular formula is C11H19N3O3. The molecule has 0 aliphatic carbocycles. The third-order valence-electron chi connectivity index (χ3n) is 2.56. The third-order valence-corrected chi connectivity index (χ3v) is 2.56. The van der Waals surface area contributed by atoms with Crippen molar-refractivity contribution in [1.82, 2.24) is 10.2 Å². The number of rotatable bonds is 4. The molecule has 1 atom stereocenters. The smallest absolute Gasteiger partial charge is 0.246 e. The quantitative estimate of drug-likeness (QED) is 0.632. The molecule has 0 aromatic rings. The SMILES string of the molecule is CC(C)CNC(=O)CN1C(=O)CCC(N)C1=O. The molecule has 0 bridgehead atoms. The minimum absolute atomic E-state index is 0.224. The Morgan fingerprint density at radius 1 is 1.53 bits per heavy atom. The van der Waals surface area contributed by atoms with Gasteiger partial charge in [0.15, 0.2) is 0 Å². The summed E-state index contributed by atoms with van der Waals surface area (Å²) in [5.74, 6) is -0.777. The lowest BCUT2D eigenvalue weighted by Crippen LogP contribution is -2.54. The summed E-state index contributed by atoms with van der Waals surface area (Å²) in [4.78, 5) is 35.6. The Labute approximate surface area is 101 Å². The first kappa shape index (κ1) is 13.6. The summed E-state index contributed by atoms with van der Waals surface area (Å²) >= 11 is 0. The molecule has 1 fully saturated rings. The average Bonchev–Trinajstić information content (AvgIpc) is 2.27. The van der Waals surface area contributed by atoms with Gasteiger partial charge in [0.2, 0.25) is 17.7 Å². The largest absolute Gasteiger partial charge is 0.354 e. The second-order valence-electron chi connectivity index (χ2n) is 4.66. The van der Waals surface area contributed by atoms with Gasteiger partial charge in [-0.25, -0.2) is 0 Å². The van der Waals surface area contributed by atoms with E-state index in [0.29, 0.717) is 18.9 Å². The molecule has 6 nitrogen and oxygen atoms in total. The summed E-state index contributed by atoms with van der Waals surface area (Å²) < 4.78 is 0. The number of amides is 3. The van der Waals surface area contributed by atoms with Gasteiger partial charge >= 0.3 is 0 Å². The number of imide groups is 1. The molecule has 6 heteroatoms. The highest BCUT2D eigenvalue weighted by molar-refractivity contribution is 6.03. The minimum Gasteiger partial charge on any atom is -0.354 e. The minimum atomic E-state index is -0.661. The van der Waals surface area contributed by atoms with Crippen LogP contribution in [-0.2, 0) is 14.4 Å². The fourth-order valence-electron chi connectivity index (χ4n) is 1.54. The van der Waals surface area contributed by atoms with Crippen LogP contribution in [0.15, 0.2) is 0 Å². The van der Waals surface area contributed by atoms with E-state index < -0.39 is 11.9 Å². The van der Waals surface area contributed by atoms with E-state index in [0.717, 1.165) is 4.90 Å². The number of hydrogen-bond donors (Lipinski definition) is 2. The maximum atomic E-state index is 11.6. The Balaban J connectivity index is 2.51. The van der Waals surface area contributed by atoms with E-state index in [1.807, 2.05) is 13.8 Å². The zero-order valence-electron chi connectivity index (χ0n) is 10.2. The predicted octanol–water partition coefficient (Wildman–Crippen LogP) is -0.765. The number of piperidine rings is 1. The molecule has 1 saturated heterocycles. The van der Waals surface area contributed by atoms with Crippen LogP contribution in [0.2, 0.25) is 0 Å². The summed E-state index contributed by atoms with van der Waals surface area (Å²) in [5.41, 5.74) is 5.55. The number of likely N-dealkylation sites (tertiary alicyclic amines) is 1. The zero-order valence-corrected chi connectivity index (χ0v) is 10.2. The van der Waals surface area contributed by atoms with Crippen molar-refractivity contribution < 1.29 is 14.4 Å². The fraction of sp³-hybridized carbons (Fsp3) is 0.727. The molecular weight excluding hydrogens is 222 g/mol. The van der Waals surface area contributed by atoms with Crippen LogP contribution in [0.4, 0.5) is 0 Å². The van der Waals surface area contributed by atoms with Gasteiger partial charge in [-0.15, -0.1) is 0 Å². The molecule has 1 unspecified atom stereocenters. The summed E-state index contributed by atoms with van der Waals surface area (Å²) in [7, 11) is 0. The fourth-order valence-corrected chi connectivity index (χ4v) is 1.54. The molecule has 0 saturated carbocycles. The summed E-state index contributed by atoms with van der Waals surface area (Å²) in [6.45, 7) is 4.24. The van der Waals surface area contributed by atoms with Gasteiger partial charge < -0.3 is 11.1 Å². The van der Waals surface area contributed by atoms with Crippen LogP contribution in [-0.4, -0.2) is 41.8 Å². The van der Waals surface area contributed by atoms with Crippen molar-refractivity contribution in [2.24, 2.45) is 11.7 Å². The van der Waals surface area contributed by atoms with Gasteiger partial charge in [-0.05, 0) is 12.3 Å². The van der Waals surface area contributed by atoms with Crippen LogP contribution < -0.4 is 11.1 Å². The molecule has 3 amide bonds. The summed E-state index contributed by atoms with van der Waals surface area (Å²) in [6, 6.07) is -0.661. The zero-order chi connectivity index (χ0) is 13.0. The number of nitrogens with one attached hydrogen (secondary N) is 1. The Hall–Kier alpha value is -1.43. The third kappa shape index (κ3) is 3.81. The number of carbonyl (C=O) groups excluding carboxylic acids is 3. The lowest BCUT2D eigenvalue weighted by atomic mass is 10.1. The second-order valence-corrected chi connectivity index (χ2v) is 4.66. The predicted molar refractivity (Wildman–Crippen MR) is 61.8 cm³/mol. The molecule has 96 valence electrons. The monoisotopic (exact) mass is 241 g/mol. The second kappa shape index (κ2) is 5.77. The van der Waals surface area contributed by atoms with E-state index in [4.69, 9.17) is 5.73 Å². The van der Waals surface area contributed by atoms with E-state index in [-0.39, 0.29) is 24.8 Å². The number of hydrogen-bond acceptors (Lipinski definition) is 4. The van der Waals surface area contributed by atoms with Gasteiger partial charge in [-0.1, -0.05) is 13.8 Å². The van der Waals surface area contributed by atoms with Crippen molar-refractivity contribution in [2.45, 2.75) is 32.7 Å². The number of nitrogens with zero attached hydrogens (tertiary/aromatic N) is 1. The van der Waals surface area contributed by atoms with Gasteiger partial charge in [0.25, 0.3) is 0 Å². The lowest BCUT2D eigenvalue weighted by Gasteiger charge is -2.28. The van der Waals surface area contributed by atoms with E-state index >= 15 is 0 Å². The molecule has 0 aromatic carbocycles. The Morgan fingerprint density at radius 3 is 2.76 bits per heavy atom. The molecule has 1 aliphatic rings. The molecule has 3 N–H and O–H groups in total. The number of carbonyl (C=O) groups is 3. The number of nitrogens with two attached hydrogens (primary N) is 1. The Morgan fingerprint density at radius 2 is 2.18 bits per heavy atom. The van der Waals surface area contributed by atoms with Crippen LogP contribution >= 0.6 is 0 Å². The van der Waals surface area contributed by atoms with Crippen molar-refractivity contribution in [1.29, 1.82) is 0 Å². The van der Waals surface area contributed by atoms with E-state index in [2.05, 4.69) is 5.32 Å².